The number of piperazine rings is 1. The van der Waals surface area contributed by atoms with Crippen LogP contribution in [0.3, 0.4) is 0 Å². The summed E-state index contributed by atoms with van der Waals surface area (Å²) in [5, 5.41) is 5.63. The summed E-state index contributed by atoms with van der Waals surface area (Å²) < 4.78 is 29.2. The van der Waals surface area contributed by atoms with E-state index in [0.29, 0.717) is 47.5 Å². The number of aromatic nitrogens is 2. The van der Waals surface area contributed by atoms with E-state index in [-0.39, 0.29) is 23.1 Å². The number of rotatable bonds is 5. The lowest BCUT2D eigenvalue weighted by Gasteiger charge is -2.35. The molecule has 5 rings (SSSR count). The molecule has 1 fully saturated rings. The Morgan fingerprint density at radius 3 is 2.58 bits per heavy atom. The zero-order chi connectivity index (χ0) is 30.7. The van der Waals surface area contributed by atoms with Crippen LogP contribution in [-0.4, -0.2) is 64.6 Å². The fraction of sp³-hybridized carbons (Fsp3) is 0.273. The van der Waals surface area contributed by atoms with Gasteiger partial charge in [-0.3, -0.25) is 19.8 Å². The Hall–Kier alpha value is -4.72. The Balaban J connectivity index is 1.31. The summed E-state index contributed by atoms with van der Waals surface area (Å²) in [4.78, 5) is 36.4. The first kappa shape index (κ1) is 29.8. The lowest BCUT2D eigenvalue weighted by molar-refractivity contribution is -0.114. The van der Waals surface area contributed by atoms with Crippen LogP contribution in [-0.2, 0) is 11.3 Å². The summed E-state index contributed by atoms with van der Waals surface area (Å²) in [6.45, 7) is 7.57. The number of carbonyl (C=O) groups excluding carboxylic acids is 2. The monoisotopic (exact) mass is 582 g/mol. The van der Waals surface area contributed by atoms with E-state index in [9.17, 15) is 18.4 Å². The second kappa shape index (κ2) is 12.7. The average Bonchev–Trinajstić information content (AvgIpc) is 2.94. The summed E-state index contributed by atoms with van der Waals surface area (Å²) in [5.41, 5.74) is 5.22. The van der Waals surface area contributed by atoms with Gasteiger partial charge in [0.05, 0.1) is 10.9 Å². The minimum Gasteiger partial charge on any atom is -0.322 e. The number of anilines is 2. The van der Waals surface area contributed by atoms with Crippen LogP contribution in [0, 0.1) is 31.5 Å². The topological polar surface area (TPSA) is 90.5 Å². The van der Waals surface area contributed by atoms with Gasteiger partial charge in [0.15, 0.2) is 6.30 Å². The van der Waals surface area contributed by atoms with Crippen molar-refractivity contribution in [3.63, 3.8) is 0 Å². The zero-order valence-corrected chi connectivity index (χ0v) is 24.5. The average molecular weight is 583 g/mol. The van der Waals surface area contributed by atoms with Gasteiger partial charge in [-0.15, -0.1) is 0 Å². The van der Waals surface area contributed by atoms with Crippen molar-refractivity contribution in [1.29, 1.82) is 0 Å². The summed E-state index contributed by atoms with van der Waals surface area (Å²) in [7, 11) is 1.92. The molecule has 0 radical (unpaired) electrons. The van der Waals surface area contributed by atoms with Gasteiger partial charge in [-0.2, -0.15) is 0 Å². The van der Waals surface area contributed by atoms with Gasteiger partial charge in [0.25, 0.3) is 5.91 Å². The Morgan fingerprint density at radius 2 is 1.84 bits per heavy atom. The number of nitrogens with zero attached hydrogens (tertiary/aromatic N) is 4. The standard InChI is InChI=1S/C33H32F2N6O2/c1-20-5-7-25(32(43)38-27-10-9-26(21(2)13-27)18-41-12-11-40(4)19-31(41)35)16-24(20)8-6-23-14-29(34)28-17-36-33(37-22(3)42)39-30(28)15-23/h5,7,9-10,13-17,31H,11-12,18-19H2,1-4H3,(H,38,43)(H,36,37,39,42). The molecule has 0 spiro atoms. The number of hydrogen-bond donors (Lipinski definition) is 2. The molecule has 0 bridgehead atoms. The summed E-state index contributed by atoms with van der Waals surface area (Å²) >= 11 is 0. The van der Waals surface area contributed by atoms with Crippen molar-refractivity contribution in [2.24, 2.45) is 0 Å². The van der Waals surface area contributed by atoms with Crippen LogP contribution in [0.4, 0.5) is 20.4 Å². The fourth-order valence-electron chi connectivity index (χ4n) is 4.87. The Morgan fingerprint density at radius 1 is 1.02 bits per heavy atom. The number of aryl methyl sites for hydroxylation is 2. The lowest BCUT2D eigenvalue weighted by atomic mass is 10.0. The van der Waals surface area contributed by atoms with Crippen LogP contribution < -0.4 is 10.6 Å². The van der Waals surface area contributed by atoms with Gasteiger partial charge in [-0.05, 0) is 74.0 Å². The number of hydrogen-bond acceptors (Lipinski definition) is 6. The summed E-state index contributed by atoms with van der Waals surface area (Å²) in [5.74, 6) is 4.92. The first-order valence-corrected chi connectivity index (χ1v) is 13.9. The number of benzene rings is 3. The number of halogens is 2. The molecular weight excluding hydrogens is 550 g/mol. The van der Waals surface area contributed by atoms with Crippen LogP contribution in [0.2, 0.25) is 0 Å². The maximum Gasteiger partial charge on any atom is 0.255 e. The van der Waals surface area contributed by atoms with Crippen LogP contribution >= 0.6 is 0 Å². The van der Waals surface area contributed by atoms with E-state index < -0.39 is 12.1 Å². The molecule has 1 saturated heterocycles. The highest BCUT2D eigenvalue weighted by Gasteiger charge is 2.25. The smallest absolute Gasteiger partial charge is 0.255 e. The number of fused-ring (bicyclic) bond motifs is 1. The van der Waals surface area contributed by atoms with Crippen LogP contribution in [0.1, 0.15) is 45.1 Å². The molecule has 220 valence electrons. The number of alkyl halides is 1. The zero-order valence-electron chi connectivity index (χ0n) is 24.5. The van der Waals surface area contributed by atoms with Crippen LogP contribution in [0.25, 0.3) is 10.9 Å². The Kier molecular flexibility index (Phi) is 8.76. The van der Waals surface area contributed by atoms with E-state index in [1.807, 2.05) is 55.0 Å². The highest BCUT2D eigenvalue weighted by atomic mass is 19.1. The molecule has 2 heterocycles. The van der Waals surface area contributed by atoms with Crippen molar-refractivity contribution in [2.45, 2.75) is 33.6 Å². The molecule has 4 aromatic rings. The summed E-state index contributed by atoms with van der Waals surface area (Å²) in [6.07, 6.45) is 0.308. The van der Waals surface area contributed by atoms with Crippen molar-refractivity contribution in [3.05, 3.63) is 93.9 Å². The van der Waals surface area contributed by atoms with Gasteiger partial charge in [0.2, 0.25) is 11.9 Å². The van der Waals surface area contributed by atoms with Crippen LogP contribution in [0.15, 0.2) is 54.7 Å². The van der Waals surface area contributed by atoms with E-state index in [4.69, 9.17) is 0 Å². The Bertz CT molecular complexity index is 1780. The fourth-order valence-corrected chi connectivity index (χ4v) is 4.87. The predicted octanol–water partition coefficient (Wildman–Crippen LogP) is 5.04. The second-order valence-electron chi connectivity index (χ2n) is 10.8. The van der Waals surface area contributed by atoms with Crippen molar-refractivity contribution in [2.75, 3.05) is 37.3 Å². The number of carbonyl (C=O) groups is 2. The van der Waals surface area contributed by atoms with E-state index in [0.717, 1.165) is 23.2 Å². The van der Waals surface area contributed by atoms with Crippen molar-refractivity contribution in [3.8, 4) is 11.8 Å². The highest BCUT2D eigenvalue weighted by Crippen LogP contribution is 2.22. The molecule has 0 saturated carbocycles. The third-order valence-electron chi connectivity index (χ3n) is 7.38. The first-order valence-electron chi connectivity index (χ1n) is 13.9. The molecule has 1 aliphatic rings. The van der Waals surface area contributed by atoms with Gasteiger partial charge < -0.3 is 10.2 Å². The lowest BCUT2D eigenvalue weighted by Crippen LogP contribution is -2.49. The van der Waals surface area contributed by atoms with Gasteiger partial charge in [-0.25, -0.2) is 18.7 Å². The molecular formula is C33H32F2N6O2. The molecule has 1 atom stereocenters. The number of amides is 2. The maximum absolute atomic E-state index is 14.7. The quantitative estimate of drug-likeness (QED) is 0.253. The second-order valence-corrected chi connectivity index (χ2v) is 10.8. The molecule has 1 aromatic heterocycles. The largest absolute Gasteiger partial charge is 0.322 e. The van der Waals surface area contributed by atoms with Gasteiger partial charge >= 0.3 is 0 Å². The Labute approximate surface area is 249 Å². The van der Waals surface area contributed by atoms with Crippen LogP contribution in [0.5, 0.6) is 0 Å². The number of likely N-dealkylation sites (N-methyl/N-ethyl adjacent to an activating group) is 1. The van der Waals surface area contributed by atoms with Crippen molar-refractivity contribution < 1.29 is 18.4 Å². The van der Waals surface area contributed by atoms with Crippen molar-refractivity contribution in [1.82, 2.24) is 19.8 Å². The molecule has 1 aliphatic heterocycles. The third kappa shape index (κ3) is 7.20. The first-order chi connectivity index (χ1) is 20.5. The van der Waals surface area contributed by atoms with E-state index in [1.54, 1.807) is 18.2 Å². The molecule has 3 aromatic carbocycles. The molecule has 10 heteroatoms. The molecule has 0 aliphatic carbocycles. The molecule has 1 unspecified atom stereocenters. The molecule has 8 nitrogen and oxygen atoms in total. The minimum atomic E-state index is -1.01. The number of nitrogens with one attached hydrogen (secondary N) is 2. The predicted molar refractivity (Wildman–Crippen MR) is 163 cm³/mol. The SMILES string of the molecule is CC(=O)Nc1ncc2c(F)cc(C#Cc3cc(C(=O)Nc4ccc(CN5CCN(C)CC5F)c(C)c4)ccc3C)cc2n1. The van der Waals surface area contributed by atoms with Gasteiger partial charge in [0, 0.05) is 61.7 Å². The van der Waals surface area contributed by atoms with Crippen molar-refractivity contribution >= 4 is 34.4 Å². The summed E-state index contributed by atoms with van der Waals surface area (Å²) in [6, 6.07) is 13.8. The molecule has 43 heavy (non-hydrogen) atoms. The highest BCUT2D eigenvalue weighted by molar-refractivity contribution is 6.04. The van der Waals surface area contributed by atoms with Gasteiger partial charge in [0.1, 0.15) is 5.82 Å². The van der Waals surface area contributed by atoms with Gasteiger partial charge in [-0.1, -0.05) is 24.0 Å². The van der Waals surface area contributed by atoms with E-state index in [2.05, 4.69) is 32.4 Å². The normalized spacial score (nSPS) is 15.5. The minimum absolute atomic E-state index is 0.0762. The maximum atomic E-state index is 14.7. The molecule has 2 amide bonds. The van der Waals surface area contributed by atoms with E-state index in [1.165, 1.54) is 19.2 Å². The van der Waals surface area contributed by atoms with E-state index >= 15 is 0 Å². The molecule has 2 N–H and O–H groups in total. The third-order valence-corrected chi connectivity index (χ3v) is 7.38.